The third kappa shape index (κ3) is 3.58. The van der Waals surface area contributed by atoms with Crippen LogP contribution in [0.2, 0.25) is 0 Å². The number of nitrogens with one attached hydrogen (secondary N) is 1. The van der Waals surface area contributed by atoms with E-state index in [1.807, 2.05) is 0 Å². The fourth-order valence-corrected chi connectivity index (χ4v) is 1.92. The monoisotopic (exact) mass is 334 g/mol. The zero-order chi connectivity index (χ0) is 14.5. The van der Waals surface area contributed by atoms with E-state index >= 15 is 0 Å². The molecule has 0 aliphatic rings. The van der Waals surface area contributed by atoms with Gasteiger partial charge in [-0.1, -0.05) is 28.1 Å². The second-order valence-electron chi connectivity index (χ2n) is 3.83. The predicted molar refractivity (Wildman–Crippen MR) is 73.3 cm³/mol. The number of carboxylic acids is 1. The lowest BCUT2D eigenvalue weighted by Crippen LogP contribution is -2.35. The number of benzene rings is 1. The molecule has 0 fully saturated rings. The Hall–Kier alpha value is -2.34. The fraction of sp³-hybridized carbons (Fsp3) is 0. The van der Waals surface area contributed by atoms with Crippen LogP contribution in [-0.2, 0) is 4.79 Å². The molecule has 6 heteroatoms. The number of aliphatic carboxylic acids is 1. The Morgan fingerprint density at radius 3 is 2.65 bits per heavy atom. The van der Waals surface area contributed by atoms with Gasteiger partial charge in [-0.25, -0.2) is 0 Å². The summed E-state index contributed by atoms with van der Waals surface area (Å²) in [4.78, 5) is 22.8. The zero-order valence-corrected chi connectivity index (χ0v) is 11.7. The Morgan fingerprint density at radius 1 is 1.25 bits per heavy atom. The van der Waals surface area contributed by atoms with Crippen molar-refractivity contribution < 1.29 is 19.1 Å². The standard InChI is InChI=1S/C14H10BrNO4/c15-10-4-1-3-9(7-10)8-11(14(18)19)16-13(17)12-5-2-6-20-12/h1-8H,(H,16,17)(H,18,19)/p-1/b11-8+. The molecule has 2 rings (SSSR count). The molecule has 0 bridgehead atoms. The molecule has 0 saturated heterocycles. The van der Waals surface area contributed by atoms with Gasteiger partial charge in [-0.15, -0.1) is 0 Å². The van der Waals surface area contributed by atoms with Crippen molar-refractivity contribution in [1.29, 1.82) is 0 Å². The van der Waals surface area contributed by atoms with Gasteiger partial charge in [0.2, 0.25) is 0 Å². The molecular formula is C14H9BrNO4-. The zero-order valence-electron chi connectivity index (χ0n) is 10.1. The van der Waals surface area contributed by atoms with E-state index in [4.69, 9.17) is 4.42 Å². The molecule has 0 radical (unpaired) electrons. The van der Waals surface area contributed by atoms with Gasteiger partial charge >= 0.3 is 0 Å². The Bertz CT molecular complexity index is 662. The van der Waals surface area contributed by atoms with Crippen LogP contribution in [-0.4, -0.2) is 11.9 Å². The second kappa shape index (κ2) is 6.21. The van der Waals surface area contributed by atoms with Gasteiger partial charge in [0.15, 0.2) is 5.76 Å². The van der Waals surface area contributed by atoms with E-state index in [1.54, 1.807) is 24.3 Å². The van der Waals surface area contributed by atoms with Crippen LogP contribution in [0.4, 0.5) is 0 Å². The molecule has 0 saturated carbocycles. The Balaban J connectivity index is 2.23. The average Bonchev–Trinajstić information content (AvgIpc) is 2.91. The van der Waals surface area contributed by atoms with Crippen molar-refractivity contribution in [1.82, 2.24) is 5.32 Å². The van der Waals surface area contributed by atoms with Gasteiger partial charge in [0.05, 0.1) is 17.9 Å². The number of hydrogen-bond donors (Lipinski definition) is 1. The summed E-state index contributed by atoms with van der Waals surface area (Å²) in [5.74, 6) is -2.11. The lowest BCUT2D eigenvalue weighted by Gasteiger charge is -2.10. The number of hydrogen-bond acceptors (Lipinski definition) is 4. The first-order valence-corrected chi connectivity index (χ1v) is 6.39. The van der Waals surface area contributed by atoms with Crippen LogP contribution in [0.15, 0.2) is 57.2 Å². The van der Waals surface area contributed by atoms with E-state index in [0.29, 0.717) is 5.56 Å². The molecule has 0 atom stereocenters. The van der Waals surface area contributed by atoms with Crippen LogP contribution in [0.5, 0.6) is 0 Å². The van der Waals surface area contributed by atoms with Gasteiger partial charge in [-0.05, 0) is 35.9 Å². The summed E-state index contributed by atoms with van der Waals surface area (Å²) < 4.78 is 5.68. The molecule has 1 aromatic heterocycles. The van der Waals surface area contributed by atoms with Crippen LogP contribution < -0.4 is 10.4 Å². The average molecular weight is 335 g/mol. The number of furan rings is 1. The molecule has 20 heavy (non-hydrogen) atoms. The summed E-state index contributed by atoms with van der Waals surface area (Å²) in [5.41, 5.74) is 0.266. The molecule has 0 aliphatic heterocycles. The molecule has 2 aromatic rings. The number of carbonyl (C=O) groups is 2. The van der Waals surface area contributed by atoms with Crippen molar-refractivity contribution in [2.75, 3.05) is 0 Å². The highest BCUT2D eigenvalue weighted by atomic mass is 79.9. The van der Waals surface area contributed by atoms with E-state index in [1.165, 1.54) is 24.5 Å². The van der Waals surface area contributed by atoms with Crippen LogP contribution in [0.25, 0.3) is 6.08 Å². The van der Waals surface area contributed by atoms with E-state index < -0.39 is 11.9 Å². The normalized spacial score (nSPS) is 11.2. The number of halogens is 1. The topological polar surface area (TPSA) is 82.4 Å². The van der Waals surface area contributed by atoms with Crippen LogP contribution in [0.1, 0.15) is 16.1 Å². The van der Waals surface area contributed by atoms with Crippen LogP contribution >= 0.6 is 15.9 Å². The maximum Gasteiger partial charge on any atom is 0.291 e. The third-order valence-electron chi connectivity index (χ3n) is 2.37. The first kappa shape index (κ1) is 14.1. The van der Waals surface area contributed by atoms with Crippen molar-refractivity contribution in [3.05, 3.63) is 64.2 Å². The molecule has 0 unspecified atom stereocenters. The molecule has 5 nitrogen and oxygen atoms in total. The van der Waals surface area contributed by atoms with Crippen molar-refractivity contribution in [2.45, 2.75) is 0 Å². The van der Waals surface area contributed by atoms with Gasteiger partial charge in [0, 0.05) is 4.47 Å². The molecule has 1 amide bonds. The van der Waals surface area contributed by atoms with Crippen molar-refractivity contribution in [3.63, 3.8) is 0 Å². The largest absolute Gasteiger partial charge is 0.543 e. The van der Waals surface area contributed by atoms with E-state index in [0.717, 1.165) is 4.47 Å². The third-order valence-corrected chi connectivity index (χ3v) is 2.87. The highest BCUT2D eigenvalue weighted by Gasteiger charge is 2.11. The summed E-state index contributed by atoms with van der Waals surface area (Å²) in [7, 11) is 0. The first-order chi connectivity index (χ1) is 9.56. The molecule has 1 aromatic carbocycles. The summed E-state index contributed by atoms with van der Waals surface area (Å²) in [6.45, 7) is 0. The minimum atomic E-state index is -1.48. The Morgan fingerprint density at radius 2 is 2.05 bits per heavy atom. The fourth-order valence-electron chi connectivity index (χ4n) is 1.50. The molecule has 102 valence electrons. The highest BCUT2D eigenvalue weighted by Crippen LogP contribution is 2.14. The Labute approximate surface area is 123 Å². The summed E-state index contributed by atoms with van der Waals surface area (Å²) in [6.07, 6.45) is 2.63. The maximum absolute atomic E-state index is 11.7. The quantitative estimate of drug-likeness (QED) is 0.860. The van der Waals surface area contributed by atoms with Crippen molar-refractivity contribution in [2.24, 2.45) is 0 Å². The molecule has 0 aliphatic carbocycles. The van der Waals surface area contributed by atoms with Crippen molar-refractivity contribution in [3.8, 4) is 0 Å². The van der Waals surface area contributed by atoms with Crippen LogP contribution in [0.3, 0.4) is 0 Å². The van der Waals surface area contributed by atoms with Gasteiger partial charge in [-0.2, -0.15) is 0 Å². The number of carbonyl (C=O) groups excluding carboxylic acids is 2. The van der Waals surface area contributed by atoms with Gasteiger partial charge < -0.3 is 19.6 Å². The van der Waals surface area contributed by atoms with E-state index in [9.17, 15) is 14.7 Å². The van der Waals surface area contributed by atoms with Gasteiger partial charge in [-0.3, -0.25) is 4.79 Å². The number of rotatable bonds is 4. The Kier molecular flexibility index (Phi) is 4.37. The SMILES string of the molecule is O=C([O-])/C(=C\c1cccc(Br)c1)NC(=O)c1ccco1. The van der Waals surface area contributed by atoms with Gasteiger partial charge in [0.1, 0.15) is 0 Å². The van der Waals surface area contributed by atoms with E-state index in [2.05, 4.69) is 21.2 Å². The summed E-state index contributed by atoms with van der Waals surface area (Å²) in [6, 6.07) is 9.93. The van der Waals surface area contributed by atoms with Crippen LogP contribution in [0, 0.1) is 0 Å². The molecule has 1 N–H and O–H groups in total. The lowest BCUT2D eigenvalue weighted by molar-refractivity contribution is -0.299. The lowest BCUT2D eigenvalue weighted by atomic mass is 10.2. The van der Waals surface area contributed by atoms with Crippen molar-refractivity contribution >= 4 is 33.9 Å². The summed E-state index contributed by atoms with van der Waals surface area (Å²) in [5, 5.41) is 13.3. The predicted octanol–water partition coefficient (Wildman–Crippen LogP) is 1.56. The summed E-state index contributed by atoms with van der Waals surface area (Å²) >= 11 is 3.28. The number of amides is 1. The smallest absolute Gasteiger partial charge is 0.291 e. The molecular weight excluding hydrogens is 326 g/mol. The highest BCUT2D eigenvalue weighted by molar-refractivity contribution is 9.10. The van der Waals surface area contributed by atoms with Gasteiger partial charge in [0.25, 0.3) is 5.91 Å². The first-order valence-electron chi connectivity index (χ1n) is 5.60. The molecule has 1 heterocycles. The number of carboxylic acid groups (broad SMARTS) is 1. The van der Waals surface area contributed by atoms with E-state index in [-0.39, 0.29) is 11.5 Å². The minimum absolute atomic E-state index is 0.0198. The maximum atomic E-state index is 11.7. The molecule has 0 spiro atoms. The minimum Gasteiger partial charge on any atom is -0.543 e. The second-order valence-corrected chi connectivity index (χ2v) is 4.75.